The Bertz CT molecular complexity index is 1620. The first-order valence-electron chi connectivity index (χ1n) is 12.8. The molecule has 0 aliphatic carbocycles. The Balaban J connectivity index is 1.67. The monoisotopic (exact) mass is 584 g/mol. The number of carbonyl (C=O) groups excluding carboxylic acids is 2. The van der Waals surface area contributed by atoms with E-state index in [-0.39, 0.29) is 36.3 Å². The zero-order chi connectivity index (χ0) is 29.5. The number of piperazine rings is 1. The molecule has 2 aliphatic heterocycles. The van der Waals surface area contributed by atoms with Gasteiger partial charge in [0.2, 0.25) is 5.91 Å². The second kappa shape index (κ2) is 10.7. The minimum Gasteiger partial charge on any atom is -0.353 e. The molecule has 2 heterocycles. The van der Waals surface area contributed by atoms with Crippen molar-refractivity contribution < 1.29 is 31.2 Å². The van der Waals surface area contributed by atoms with E-state index in [4.69, 9.17) is 4.99 Å². The predicted molar refractivity (Wildman–Crippen MR) is 146 cm³/mol. The molecular formula is C29H27F3N4O4S. The molecule has 41 heavy (non-hydrogen) atoms. The number of rotatable bonds is 4. The van der Waals surface area contributed by atoms with E-state index in [0.717, 1.165) is 29.5 Å². The smallest absolute Gasteiger partial charge is 0.353 e. The fourth-order valence-electron chi connectivity index (χ4n) is 5.08. The third kappa shape index (κ3) is 5.83. The van der Waals surface area contributed by atoms with E-state index in [2.05, 4.69) is 5.32 Å². The number of hydrogen-bond acceptors (Lipinski definition) is 5. The van der Waals surface area contributed by atoms with Crippen molar-refractivity contribution >= 4 is 27.6 Å². The fourth-order valence-corrected chi connectivity index (χ4v) is 5.71. The van der Waals surface area contributed by atoms with Crippen LogP contribution in [0.1, 0.15) is 39.9 Å². The second-order valence-electron chi connectivity index (χ2n) is 10.1. The van der Waals surface area contributed by atoms with Crippen molar-refractivity contribution in [3.63, 3.8) is 0 Å². The van der Waals surface area contributed by atoms with Gasteiger partial charge in [-0.05, 0) is 42.3 Å². The first-order valence-corrected chi connectivity index (χ1v) is 14.7. The van der Waals surface area contributed by atoms with Gasteiger partial charge in [-0.1, -0.05) is 54.1 Å². The van der Waals surface area contributed by atoms with Crippen LogP contribution in [-0.4, -0.2) is 61.9 Å². The van der Waals surface area contributed by atoms with Crippen molar-refractivity contribution in [1.29, 1.82) is 0 Å². The Morgan fingerprint density at radius 1 is 1.00 bits per heavy atom. The van der Waals surface area contributed by atoms with Crippen molar-refractivity contribution in [1.82, 2.24) is 15.1 Å². The van der Waals surface area contributed by atoms with Crippen LogP contribution in [0.15, 0.2) is 82.7 Å². The van der Waals surface area contributed by atoms with Crippen LogP contribution in [0, 0.1) is 6.92 Å². The highest BCUT2D eigenvalue weighted by Gasteiger charge is 2.44. The third-order valence-electron chi connectivity index (χ3n) is 7.09. The largest absolute Gasteiger partial charge is 0.416 e. The van der Waals surface area contributed by atoms with Crippen LogP contribution < -0.4 is 5.32 Å². The number of nitrogens with one attached hydrogen (secondary N) is 1. The number of aliphatic imine (C=N–C) groups is 1. The van der Waals surface area contributed by atoms with E-state index >= 15 is 0 Å². The second-order valence-corrected chi connectivity index (χ2v) is 12.1. The summed E-state index contributed by atoms with van der Waals surface area (Å²) < 4.78 is 64.1. The normalized spacial score (nSPS) is 19.6. The highest BCUT2D eigenvalue weighted by atomic mass is 32.2. The number of sulfone groups is 1. The summed E-state index contributed by atoms with van der Waals surface area (Å²) in [7, 11) is -3.47. The van der Waals surface area contributed by atoms with Gasteiger partial charge in [-0.25, -0.2) is 13.2 Å². The van der Waals surface area contributed by atoms with Gasteiger partial charge in [0.1, 0.15) is 18.4 Å². The standard InChI is InChI=1S/C29H27F3N4O4S/c1-18-4-3-5-21(16-18)26-25(19-8-12-23(13-9-19)41(2,39)40)34-27(20-6-10-22(11-7-20)29(30,31)32)36(26)28(38)35-15-14-33-24(37)17-35/h3-13,16,25-26H,14-15,17H2,1-2H3,(H,33,37). The summed E-state index contributed by atoms with van der Waals surface area (Å²) in [5.74, 6) is -0.171. The van der Waals surface area contributed by atoms with Crippen LogP contribution in [0.25, 0.3) is 0 Å². The van der Waals surface area contributed by atoms with Gasteiger partial charge in [0.25, 0.3) is 0 Å². The molecule has 0 saturated carbocycles. The number of benzene rings is 3. The van der Waals surface area contributed by atoms with Crippen molar-refractivity contribution in [2.24, 2.45) is 4.99 Å². The lowest BCUT2D eigenvalue weighted by Gasteiger charge is -2.35. The first-order chi connectivity index (χ1) is 19.3. The van der Waals surface area contributed by atoms with Gasteiger partial charge in [0, 0.05) is 24.9 Å². The highest BCUT2D eigenvalue weighted by Crippen LogP contribution is 2.44. The number of amidine groups is 1. The summed E-state index contributed by atoms with van der Waals surface area (Å²) in [5, 5.41) is 2.69. The molecule has 214 valence electrons. The van der Waals surface area contributed by atoms with Crippen molar-refractivity contribution in [2.45, 2.75) is 30.1 Å². The van der Waals surface area contributed by atoms with E-state index < -0.39 is 39.7 Å². The Morgan fingerprint density at radius 3 is 2.27 bits per heavy atom. The Labute approximate surface area is 235 Å². The van der Waals surface area contributed by atoms with Gasteiger partial charge in [-0.3, -0.25) is 14.7 Å². The molecule has 1 saturated heterocycles. The summed E-state index contributed by atoms with van der Waals surface area (Å²) in [6, 6.07) is 16.1. The van der Waals surface area contributed by atoms with E-state index in [1.165, 1.54) is 34.1 Å². The maximum Gasteiger partial charge on any atom is 0.416 e. The molecule has 0 aromatic heterocycles. The Morgan fingerprint density at radius 2 is 1.68 bits per heavy atom. The minimum absolute atomic E-state index is 0.116. The van der Waals surface area contributed by atoms with Crippen LogP contribution in [0.2, 0.25) is 0 Å². The summed E-state index contributed by atoms with van der Waals surface area (Å²) in [6.45, 7) is 2.23. The molecule has 2 unspecified atom stereocenters. The van der Waals surface area contributed by atoms with Crippen LogP contribution in [0.4, 0.5) is 18.0 Å². The molecular weight excluding hydrogens is 557 g/mol. The zero-order valence-electron chi connectivity index (χ0n) is 22.2. The maximum atomic E-state index is 14.1. The molecule has 2 aliphatic rings. The first kappa shape index (κ1) is 28.3. The number of halogens is 3. The van der Waals surface area contributed by atoms with Gasteiger partial charge in [-0.2, -0.15) is 13.2 Å². The lowest BCUT2D eigenvalue weighted by molar-refractivity contribution is -0.137. The predicted octanol–water partition coefficient (Wildman–Crippen LogP) is 4.51. The molecule has 3 aromatic rings. The van der Waals surface area contributed by atoms with E-state index in [0.29, 0.717) is 11.1 Å². The van der Waals surface area contributed by atoms with Gasteiger partial charge >= 0.3 is 12.2 Å². The van der Waals surface area contributed by atoms with E-state index in [1.807, 2.05) is 31.2 Å². The third-order valence-corrected chi connectivity index (χ3v) is 8.21. The molecule has 5 rings (SSSR count). The molecule has 0 spiro atoms. The highest BCUT2D eigenvalue weighted by molar-refractivity contribution is 7.90. The average Bonchev–Trinajstić information content (AvgIpc) is 3.32. The number of nitrogens with zero attached hydrogens (tertiary/aromatic N) is 3. The van der Waals surface area contributed by atoms with Gasteiger partial charge in [-0.15, -0.1) is 0 Å². The minimum atomic E-state index is -4.54. The Kier molecular flexibility index (Phi) is 7.37. The summed E-state index contributed by atoms with van der Waals surface area (Å²) >= 11 is 0. The number of hydrogen-bond donors (Lipinski definition) is 1. The fraction of sp³-hybridized carbons (Fsp3) is 0.276. The molecule has 8 nitrogen and oxygen atoms in total. The van der Waals surface area contributed by atoms with E-state index in [9.17, 15) is 31.2 Å². The Hall–Kier alpha value is -4.19. The number of urea groups is 1. The SMILES string of the molecule is Cc1cccc(C2C(c3ccc(S(C)(=O)=O)cc3)N=C(c3ccc(C(F)(F)F)cc3)N2C(=O)N2CCNC(=O)C2)c1. The van der Waals surface area contributed by atoms with Crippen molar-refractivity contribution in [3.8, 4) is 0 Å². The molecule has 0 radical (unpaired) electrons. The molecule has 0 bridgehead atoms. The number of amides is 3. The molecule has 3 aromatic carbocycles. The van der Waals surface area contributed by atoms with Gasteiger partial charge < -0.3 is 10.2 Å². The number of alkyl halides is 3. The van der Waals surface area contributed by atoms with Crippen LogP contribution in [0.3, 0.4) is 0 Å². The van der Waals surface area contributed by atoms with Crippen molar-refractivity contribution in [3.05, 3.63) is 101 Å². The average molecular weight is 585 g/mol. The van der Waals surface area contributed by atoms with Gasteiger partial charge in [0.15, 0.2) is 9.84 Å². The summed E-state index contributed by atoms with van der Waals surface area (Å²) in [6.07, 6.45) is -3.44. The van der Waals surface area contributed by atoms with Crippen molar-refractivity contribution in [2.75, 3.05) is 25.9 Å². The van der Waals surface area contributed by atoms with Crippen LogP contribution in [-0.2, 0) is 20.8 Å². The summed E-state index contributed by atoms with van der Waals surface area (Å²) in [5.41, 5.74) is 1.71. The lowest BCUT2D eigenvalue weighted by atomic mass is 9.93. The van der Waals surface area contributed by atoms with Gasteiger partial charge in [0.05, 0.1) is 16.5 Å². The molecule has 12 heteroatoms. The number of aryl methyl sites for hydroxylation is 1. The molecule has 1 N–H and O–H groups in total. The lowest BCUT2D eigenvalue weighted by Crippen LogP contribution is -2.55. The maximum absolute atomic E-state index is 14.1. The zero-order valence-corrected chi connectivity index (χ0v) is 23.0. The van der Waals surface area contributed by atoms with E-state index in [1.54, 1.807) is 12.1 Å². The molecule has 1 fully saturated rings. The summed E-state index contributed by atoms with van der Waals surface area (Å²) in [4.78, 5) is 34.1. The quantitative estimate of drug-likeness (QED) is 0.488. The number of carbonyl (C=O) groups is 2. The van der Waals surface area contributed by atoms with Crippen LogP contribution in [0.5, 0.6) is 0 Å². The topological polar surface area (TPSA) is 99.2 Å². The molecule has 2 atom stereocenters. The van der Waals surface area contributed by atoms with Crippen LogP contribution >= 0.6 is 0 Å². The molecule has 3 amide bonds.